The third-order valence-electron chi connectivity index (χ3n) is 4.36. The molecule has 0 unspecified atom stereocenters. The van der Waals surface area contributed by atoms with Crippen LogP contribution in [0.15, 0.2) is 83.3 Å². The van der Waals surface area contributed by atoms with Gasteiger partial charge in [0.15, 0.2) is 17.6 Å². The van der Waals surface area contributed by atoms with Crippen molar-refractivity contribution in [1.29, 1.82) is 0 Å². The fourth-order valence-electron chi connectivity index (χ4n) is 2.89. The van der Waals surface area contributed by atoms with E-state index in [0.717, 1.165) is 23.0 Å². The summed E-state index contributed by atoms with van der Waals surface area (Å²) >= 11 is 2.36. The molecule has 2 heterocycles. The van der Waals surface area contributed by atoms with E-state index in [0.29, 0.717) is 15.9 Å². The van der Waals surface area contributed by atoms with Crippen LogP contribution in [0, 0.1) is 0 Å². The van der Waals surface area contributed by atoms with E-state index in [4.69, 9.17) is 4.74 Å². The Morgan fingerprint density at radius 1 is 0.939 bits per heavy atom. The maximum absolute atomic E-state index is 12.2. The summed E-state index contributed by atoms with van der Waals surface area (Å²) in [5, 5.41) is 13.0. The zero-order valence-electron chi connectivity index (χ0n) is 17.2. The van der Waals surface area contributed by atoms with Crippen LogP contribution in [0.5, 0.6) is 0 Å². The van der Waals surface area contributed by atoms with Gasteiger partial charge in [-0.1, -0.05) is 66.4 Å². The number of carbonyl (C=O) groups is 3. The van der Waals surface area contributed by atoms with E-state index in [9.17, 15) is 14.4 Å². The molecule has 2 aromatic carbocycles. The van der Waals surface area contributed by atoms with Crippen molar-refractivity contribution < 1.29 is 19.1 Å². The van der Waals surface area contributed by atoms with Gasteiger partial charge >= 0.3 is 5.97 Å². The van der Waals surface area contributed by atoms with Crippen molar-refractivity contribution in [1.82, 2.24) is 20.1 Å². The fourth-order valence-corrected chi connectivity index (χ4v) is 4.26. The van der Waals surface area contributed by atoms with Gasteiger partial charge < -0.3 is 4.74 Å². The molecule has 0 aliphatic carbocycles. The molecule has 1 N–H and O–H groups in total. The van der Waals surface area contributed by atoms with Gasteiger partial charge in [0.05, 0.1) is 10.6 Å². The minimum absolute atomic E-state index is 0.0775. The van der Waals surface area contributed by atoms with Crippen LogP contribution in [-0.4, -0.2) is 44.9 Å². The number of nitrogens with one attached hydrogen (secondary N) is 1. The van der Waals surface area contributed by atoms with Crippen LogP contribution in [-0.2, 0) is 14.3 Å². The van der Waals surface area contributed by atoms with Crippen molar-refractivity contribution in [2.45, 2.75) is 5.16 Å². The molecule has 166 valence electrons. The minimum Gasteiger partial charge on any atom is -0.455 e. The zero-order valence-corrected chi connectivity index (χ0v) is 18.8. The van der Waals surface area contributed by atoms with Gasteiger partial charge in [0.1, 0.15) is 0 Å². The van der Waals surface area contributed by atoms with Crippen molar-refractivity contribution in [3.8, 4) is 17.1 Å². The zero-order chi connectivity index (χ0) is 23.0. The molecule has 0 aliphatic heterocycles. The number of thioether (sulfide) groups is 1. The van der Waals surface area contributed by atoms with Gasteiger partial charge in [0.2, 0.25) is 0 Å². The summed E-state index contributed by atoms with van der Waals surface area (Å²) < 4.78 is 6.86. The summed E-state index contributed by atoms with van der Waals surface area (Å²) in [4.78, 5) is 36.4. The topological polar surface area (TPSA) is 103 Å². The molecule has 0 aliphatic rings. The molecule has 0 fully saturated rings. The predicted octanol–water partition coefficient (Wildman–Crippen LogP) is 3.59. The number of hydrogen-bond acceptors (Lipinski definition) is 8. The number of imide groups is 1. The predicted molar refractivity (Wildman–Crippen MR) is 125 cm³/mol. The minimum atomic E-state index is -0.689. The molecule has 0 radical (unpaired) electrons. The summed E-state index contributed by atoms with van der Waals surface area (Å²) in [6.45, 7) is -0.544. The number of rotatable bonds is 8. The third kappa shape index (κ3) is 5.73. The molecule has 0 saturated heterocycles. The standard InChI is InChI=1S/C23H18N4O4S2/c28-19(24-22(30)18-12-7-13-32-18)14-31-20(29)15-33-23-26-25-21(16-8-3-1-4-9-16)27(23)17-10-5-2-6-11-17/h1-13H,14-15H2,(H,24,28,30). The SMILES string of the molecule is O=C(COC(=O)CSc1nnc(-c2ccccc2)n1-c1ccccc1)NC(=O)c1cccs1. The maximum atomic E-state index is 12.2. The van der Waals surface area contributed by atoms with Gasteiger partial charge in [-0.05, 0) is 23.6 Å². The van der Waals surface area contributed by atoms with Crippen LogP contribution < -0.4 is 5.32 Å². The molecule has 33 heavy (non-hydrogen) atoms. The number of carbonyl (C=O) groups excluding carboxylic acids is 3. The fraction of sp³-hybridized carbons (Fsp3) is 0.0870. The Hall–Kier alpha value is -3.76. The van der Waals surface area contributed by atoms with E-state index in [1.54, 1.807) is 17.5 Å². The van der Waals surface area contributed by atoms with E-state index in [-0.39, 0.29) is 5.75 Å². The Balaban J connectivity index is 1.39. The number of hydrogen-bond donors (Lipinski definition) is 1. The molecule has 4 aromatic rings. The highest BCUT2D eigenvalue weighted by Crippen LogP contribution is 2.27. The largest absolute Gasteiger partial charge is 0.455 e. The third-order valence-corrected chi connectivity index (χ3v) is 6.13. The second kappa shape index (κ2) is 10.7. The van der Waals surface area contributed by atoms with Crippen molar-refractivity contribution in [2.24, 2.45) is 0 Å². The lowest BCUT2D eigenvalue weighted by atomic mass is 10.2. The average molecular weight is 479 g/mol. The van der Waals surface area contributed by atoms with E-state index in [1.807, 2.05) is 65.2 Å². The first-order chi connectivity index (χ1) is 16.1. The molecule has 0 spiro atoms. The van der Waals surface area contributed by atoms with E-state index in [2.05, 4.69) is 15.5 Å². The molecule has 2 amide bonds. The Bertz CT molecular complexity index is 1240. The molecule has 0 bridgehead atoms. The summed E-state index contributed by atoms with van der Waals surface area (Å²) in [5.74, 6) is -1.26. The van der Waals surface area contributed by atoms with E-state index >= 15 is 0 Å². The van der Waals surface area contributed by atoms with E-state index < -0.39 is 24.4 Å². The van der Waals surface area contributed by atoms with Crippen molar-refractivity contribution in [3.63, 3.8) is 0 Å². The summed E-state index contributed by atoms with van der Waals surface area (Å²) in [5.41, 5.74) is 1.74. The lowest BCUT2D eigenvalue weighted by molar-refractivity contribution is -0.145. The number of para-hydroxylation sites is 1. The highest BCUT2D eigenvalue weighted by atomic mass is 32.2. The summed E-state index contributed by atoms with van der Waals surface area (Å²) in [7, 11) is 0. The number of thiophene rings is 1. The number of amides is 2. The first-order valence-electron chi connectivity index (χ1n) is 9.84. The number of benzene rings is 2. The van der Waals surface area contributed by atoms with Gasteiger partial charge in [-0.25, -0.2) is 0 Å². The van der Waals surface area contributed by atoms with Crippen LogP contribution in [0.4, 0.5) is 0 Å². The van der Waals surface area contributed by atoms with Crippen LogP contribution in [0.3, 0.4) is 0 Å². The number of esters is 1. The quantitative estimate of drug-likeness (QED) is 0.305. The number of nitrogens with zero attached hydrogens (tertiary/aromatic N) is 3. The molecule has 0 saturated carbocycles. The normalized spacial score (nSPS) is 10.5. The molecule has 2 aromatic heterocycles. The van der Waals surface area contributed by atoms with Crippen molar-refractivity contribution in [3.05, 3.63) is 83.1 Å². The lowest BCUT2D eigenvalue weighted by Crippen LogP contribution is -2.33. The molecule has 0 atom stereocenters. The van der Waals surface area contributed by atoms with Gasteiger partial charge in [-0.3, -0.25) is 24.3 Å². The summed E-state index contributed by atoms with van der Waals surface area (Å²) in [6.07, 6.45) is 0. The average Bonchev–Trinajstić information content (AvgIpc) is 3.53. The number of ether oxygens (including phenoxy) is 1. The monoisotopic (exact) mass is 478 g/mol. The van der Waals surface area contributed by atoms with Gasteiger partial charge in [-0.15, -0.1) is 21.5 Å². The van der Waals surface area contributed by atoms with Crippen molar-refractivity contribution >= 4 is 40.9 Å². The van der Waals surface area contributed by atoms with Crippen molar-refractivity contribution in [2.75, 3.05) is 12.4 Å². The Morgan fingerprint density at radius 3 is 2.36 bits per heavy atom. The van der Waals surface area contributed by atoms with Crippen LogP contribution >= 0.6 is 23.1 Å². The smallest absolute Gasteiger partial charge is 0.316 e. The van der Waals surface area contributed by atoms with Gasteiger partial charge in [-0.2, -0.15) is 0 Å². The maximum Gasteiger partial charge on any atom is 0.316 e. The summed E-state index contributed by atoms with van der Waals surface area (Å²) in [6, 6.07) is 22.5. The molecule has 4 rings (SSSR count). The van der Waals surface area contributed by atoms with Crippen LogP contribution in [0.25, 0.3) is 17.1 Å². The first kappa shape index (κ1) is 22.4. The second-order valence-electron chi connectivity index (χ2n) is 6.65. The highest BCUT2D eigenvalue weighted by Gasteiger charge is 2.18. The molecular formula is C23H18N4O4S2. The second-order valence-corrected chi connectivity index (χ2v) is 8.54. The van der Waals surface area contributed by atoms with Crippen LogP contribution in [0.1, 0.15) is 9.67 Å². The Labute approximate surface area is 197 Å². The Morgan fingerprint density at radius 2 is 1.67 bits per heavy atom. The van der Waals surface area contributed by atoms with Gasteiger partial charge in [0, 0.05) is 11.3 Å². The molecule has 10 heteroatoms. The lowest BCUT2D eigenvalue weighted by Gasteiger charge is -2.10. The highest BCUT2D eigenvalue weighted by molar-refractivity contribution is 7.99. The first-order valence-corrected chi connectivity index (χ1v) is 11.7. The molecular weight excluding hydrogens is 460 g/mol. The van der Waals surface area contributed by atoms with Crippen LogP contribution in [0.2, 0.25) is 0 Å². The van der Waals surface area contributed by atoms with E-state index in [1.165, 1.54) is 11.3 Å². The van der Waals surface area contributed by atoms with Gasteiger partial charge in [0.25, 0.3) is 11.8 Å². The molecule has 8 nitrogen and oxygen atoms in total. The Kier molecular flexibility index (Phi) is 7.28. The number of aromatic nitrogens is 3.